The van der Waals surface area contributed by atoms with E-state index in [0.29, 0.717) is 30.5 Å². The lowest BCUT2D eigenvalue weighted by molar-refractivity contribution is 0.0742. The van der Waals surface area contributed by atoms with Crippen LogP contribution in [-0.4, -0.2) is 55.7 Å². The summed E-state index contributed by atoms with van der Waals surface area (Å²) >= 11 is 1.43. The number of methoxy groups -OCH3 is 1. The van der Waals surface area contributed by atoms with E-state index in [0.717, 1.165) is 36.0 Å². The SMILES string of the molecule is CCOc1ccc(Nc2nc(C(=O)N3CCN(c4ccc(OC)cc4)CC3)cs2)cc1. The Labute approximate surface area is 186 Å². The largest absolute Gasteiger partial charge is 0.497 e. The Bertz CT molecular complexity index is 996. The molecule has 1 N–H and O–H groups in total. The maximum absolute atomic E-state index is 12.9. The van der Waals surface area contributed by atoms with Gasteiger partial charge in [0.05, 0.1) is 13.7 Å². The van der Waals surface area contributed by atoms with Crippen molar-refractivity contribution in [2.45, 2.75) is 6.92 Å². The number of benzene rings is 2. The summed E-state index contributed by atoms with van der Waals surface area (Å²) in [5.41, 5.74) is 2.53. The standard InChI is InChI=1S/C23H26N4O3S/c1-3-30-20-8-4-17(5-9-20)24-23-25-21(16-31-23)22(28)27-14-12-26(13-15-27)18-6-10-19(29-2)11-7-18/h4-11,16H,3,12-15H2,1-2H3,(H,24,25). The van der Waals surface area contributed by atoms with E-state index in [1.807, 2.05) is 53.6 Å². The predicted molar refractivity (Wildman–Crippen MR) is 124 cm³/mol. The van der Waals surface area contributed by atoms with Crippen LogP contribution in [0.25, 0.3) is 0 Å². The zero-order valence-corrected chi connectivity index (χ0v) is 18.5. The van der Waals surface area contributed by atoms with Crippen molar-refractivity contribution in [2.24, 2.45) is 0 Å². The summed E-state index contributed by atoms with van der Waals surface area (Å²) in [6.07, 6.45) is 0. The number of hydrogen-bond acceptors (Lipinski definition) is 7. The highest BCUT2D eigenvalue weighted by Crippen LogP contribution is 2.25. The topological polar surface area (TPSA) is 66.9 Å². The third kappa shape index (κ3) is 5.08. The molecule has 31 heavy (non-hydrogen) atoms. The number of carbonyl (C=O) groups is 1. The quantitative estimate of drug-likeness (QED) is 0.595. The van der Waals surface area contributed by atoms with Crippen molar-refractivity contribution < 1.29 is 14.3 Å². The number of hydrogen-bond donors (Lipinski definition) is 1. The molecule has 0 saturated carbocycles. The lowest BCUT2D eigenvalue weighted by Gasteiger charge is -2.35. The Morgan fingerprint density at radius 3 is 2.35 bits per heavy atom. The van der Waals surface area contributed by atoms with E-state index in [1.165, 1.54) is 11.3 Å². The molecule has 7 nitrogen and oxygen atoms in total. The first-order chi connectivity index (χ1) is 15.2. The van der Waals surface area contributed by atoms with Crippen molar-refractivity contribution in [2.75, 3.05) is 50.1 Å². The van der Waals surface area contributed by atoms with Gasteiger partial charge in [-0.1, -0.05) is 0 Å². The van der Waals surface area contributed by atoms with Crippen LogP contribution in [0.3, 0.4) is 0 Å². The molecule has 0 aliphatic carbocycles. The number of amides is 1. The third-order valence-electron chi connectivity index (χ3n) is 5.14. The number of rotatable bonds is 7. The predicted octanol–water partition coefficient (Wildman–Crippen LogP) is 4.26. The molecule has 3 aromatic rings. The van der Waals surface area contributed by atoms with Gasteiger partial charge in [0, 0.05) is 42.9 Å². The summed E-state index contributed by atoms with van der Waals surface area (Å²) in [7, 11) is 1.66. The number of ether oxygens (including phenoxy) is 2. The summed E-state index contributed by atoms with van der Waals surface area (Å²) < 4.78 is 10.7. The highest BCUT2D eigenvalue weighted by molar-refractivity contribution is 7.14. The number of nitrogens with one attached hydrogen (secondary N) is 1. The summed E-state index contributed by atoms with van der Waals surface area (Å²) in [5, 5.41) is 5.77. The minimum atomic E-state index is -0.0228. The molecular weight excluding hydrogens is 412 g/mol. The average Bonchev–Trinajstić information content (AvgIpc) is 3.29. The Hall–Kier alpha value is -3.26. The molecule has 162 valence electrons. The Balaban J connectivity index is 1.32. The fourth-order valence-corrected chi connectivity index (χ4v) is 4.18. The van der Waals surface area contributed by atoms with Gasteiger partial charge in [0.2, 0.25) is 0 Å². The molecule has 2 heterocycles. The van der Waals surface area contributed by atoms with Gasteiger partial charge < -0.3 is 24.6 Å². The van der Waals surface area contributed by atoms with Crippen LogP contribution >= 0.6 is 11.3 Å². The van der Waals surface area contributed by atoms with E-state index < -0.39 is 0 Å². The molecule has 0 radical (unpaired) electrons. The zero-order chi connectivity index (χ0) is 21.6. The van der Waals surface area contributed by atoms with Gasteiger partial charge in [-0.05, 0) is 55.5 Å². The number of thiazole rings is 1. The average molecular weight is 439 g/mol. The van der Waals surface area contributed by atoms with Crippen LogP contribution in [0.5, 0.6) is 11.5 Å². The fourth-order valence-electron chi connectivity index (χ4n) is 3.48. The number of piperazine rings is 1. The summed E-state index contributed by atoms with van der Waals surface area (Å²) in [4.78, 5) is 21.5. The second kappa shape index (κ2) is 9.70. The van der Waals surface area contributed by atoms with E-state index in [9.17, 15) is 4.79 Å². The van der Waals surface area contributed by atoms with Crippen molar-refractivity contribution in [3.05, 3.63) is 59.6 Å². The van der Waals surface area contributed by atoms with Gasteiger partial charge in [-0.2, -0.15) is 0 Å². The van der Waals surface area contributed by atoms with Crippen LogP contribution in [0.1, 0.15) is 17.4 Å². The minimum absolute atomic E-state index is 0.0228. The molecule has 0 bridgehead atoms. The van der Waals surface area contributed by atoms with E-state index in [-0.39, 0.29) is 5.91 Å². The van der Waals surface area contributed by atoms with Crippen molar-refractivity contribution >= 4 is 33.8 Å². The molecule has 1 aromatic heterocycles. The van der Waals surface area contributed by atoms with Crippen molar-refractivity contribution in [3.8, 4) is 11.5 Å². The van der Waals surface area contributed by atoms with Crippen molar-refractivity contribution in [3.63, 3.8) is 0 Å². The van der Waals surface area contributed by atoms with Crippen LogP contribution in [0.4, 0.5) is 16.5 Å². The van der Waals surface area contributed by atoms with Gasteiger partial charge in [-0.25, -0.2) is 4.98 Å². The van der Waals surface area contributed by atoms with E-state index >= 15 is 0 Å². The lowest BCUT2D eigenvalue weighted by atomic mass is 10.2. The summed E-state index contributed by atoms with van der Waals surface area (Å²) in [5.74, 6) is 1.65. The smallest absolute Gasteiger partial charge is 0.273 e. The van der Waals surface area contributed by atoms with Crippen LogP contribution < -0.4 is 19.7 Å². The molecule has 1 fully saturated rings. The third-order valence-corrected chi connectivity index (χ3v) is 5.90. The molecule has 1 aliphatic rings. The molecule has 1 aliphatic heterocycles. The molecule has 8 heteroatoms. The number of nitrogens with zero attached hydrogens (tertiary/aromatic N) is 3. The number of anilines is 3. The minimum Gasteiger partial charge on any atom is -0.497 e. The maximum Gasteiger partial charge on any atom is 0.273 e. The van der Waals surface area contributed by atoms with Crippen LogP contribution in [0, 0.1) is 0 Å². The first-order valence-electron chi connectivity index (χ1n) is 10.3. The van der Waals surface area contributed by atoms with Crippen LogP contribution in [-0.2, 0) is 0 Å². The van der Waals surface area contributed by atoms with Crippen LogP contribution in [0.15, 0.2) is 53.9 Å². The molecule has 0 unspecified atom stereocenters. The Morgan fingerprint density at radius 1 is 1.03 bits per heavy atom. The van der Waals surface area contributed by atoms with Crippen molar-refractivity contribution in [1.29, 1.82) is 0 Å². The summed E-state index contributed by atoms with van der Waals surface area (Å²) in [6.45, 7) is 5.52. The van der Waals surface area contributed by atoms with E-state index in [2.05, 4.69) is 27.3 Å². The first kappa shape index (κ1) is 21.0. The Morgan fingerprint density at radius 2 is 1.71 bits per heavy atom. The van der Waals surface area contributed by atoms with Gasteiger partial charge in [-0.15, -0.1) is 11.3 Å². The van der Waals surface area contributed by atoms with Gasteiger partial charge >= 0.3 is 0 Å². The van der Waals surface area contributed by atoms with Crippen LogP contribution in [0.2, 0.25) is 0 Å². The normalized spacial score (nSPS) is 13.7. The molecule has 1 saturated heterocycles. The molecular formula is C23H26N4O3S. The second-order valence-corrected chi connectivity index (χ2v) is 7.96. The monoisotopic (exact) mass is 438 g/mol. The van der Waals surface area contributed by atoms with E-state index in [4.69, 9.17) is 9.47 Å². The number of aromatic nitrogens is 1. The first-order valence-corrected chi connectivity index (χ1v) is 11.2. The fraction of sp³-hybridized carbons (Fsp3) is 0.304. The molecule has 2 aromatic carbocycles. The highest BCUT2D eigenvalue weighted by atomic mass is 32.1. The van der Waals surface area contributed by atoms with Gasteiger partial charge in [-0.3, -0.25) is 4.79 Å². The van der Waals surface area contributed by atoms with Crippen molar-refractivity contribution in [1.82, 2.24) is 9.88 Å². The molecule has 0 atom stereocenters. The van der Waals surface area contributed by atoms with Gasteiger partial charge in [0.1, 0.15) is 17.2 Å². The van der Waals surface area contributed by atoms with Gasteiger partial charge in [0.25, 0.3) is 5.91 Å². The second-order valence-electron chi connectivity index (χ2n) is 7.10. The molecule has 0 spiro atoms. The molecule has 4 rings (SSSR count). The lowest BCUT2D eigenvalue weighted by Crippen LogP contribution is -2.48. The maximum atomic E-state index is 12.9. The van der Waals surface area contributed by atoms with Gasteiger partial charge in [0.15, 0.2) is 5.13 Å². The Kier molecular flexibility index (Phi) is 6.57. The summed E-state index contributed by atoms with van der Waals surface area (Å²) in [6, 6.07) is 15.7. The highest BCUT2D eigenvalue weighted by Gasteiger charge is 2.24. The van der Waals surface area contributed by atoms with E-state index in [1.54, 1.807) is 7.11 Å². The number of carbonyl (C=O) groups excluding carboxylic acids is 1. The zero-order valence-electron chi connectivity index (χ0n) is 17.7. The molecule has 1 amide bonds.